The number of methoxy groups -OCH3 is 1. The van der Waals surface area contributed by atoms with E-state index in [9.17, 15) is 19.2 Å². The summed E-state index contributed by atoms with van der Waals surface area (Å²) in [6, 6.07) is 0. The standard InChI is InChI=1S/C11H16O7/c1-7(12)11(10(17)18-2,5-3-8(13)14)6-4-9(15)16/h3-6H2,1-2H3,(H,13,14)(H,15,16). The van der Waals surface area contributed by atoms with Gasteiger partial charge >= 0.3 is 17.9 Å². The summed E-state index contributed by atoms with van der Waals surface area (Å²) in [5.41, 5.74) is -1.69. The van der Waals surface area contributed by atoms with Crippen molar-refractivity contribution in [3.05, 3.63) is 0 Å². The molecule has 7 heteroatoms. The number of esters is 1. The molecule has 0 aliphatic heterocycles. The number of carboxylic acid groups (broad SMARTS) is 2. The average molecular weight is 260 g/mol. The van der Waals surface area contributed by atoms with Gasteiger partial charge in [-0.15, -0.1) is 0 Å². The molecule has 0 unspecified atom stereocenters. The molecule has 0 rings (SSSR count). The molecule has 0 aromatic rings. The van der Waals surface area contributed by atoms with Gasteiger partial charge in [0.15, 0.2) is 0 Å². The highest BCUT2D eigenvalue weighted by molar-refractivity contribution is 6.03. The van der Waals surface area contributed by atoms with Crippen LogP contribution in [0.15, 0.2) is 0 Å². The van der Waals surface area contributed by atoms with E-state index in [0.717, 1.165) is 14.0 Å². The van der Waals surface area contributed by atoms with Crippen LogP contribution in [0.4, 0.5) is 0 Å². The summed E-state index contributed by atoms with van der Waals surface area (Å²) in [6.45, 7) is 1.13. The number of rotatable bonds is 8. The number of Topliss-reactive ketones (excluding diaryl/α,β-unsaturated/α-hetero) is 1. The lowest BCUT2D eigenvalue weighted by Crippen LogP contribution is -2.40. The first-order chi connectivity index (χ1) is 8.26. The summed E-state index contributed by atoms with van der Waals surface area (Å²) < 4.78 is 4.50. The van der Waals surface area contributed by atoms with Gasteiger partial charge in [0.2, 0.25) is 0 Å². The monoisotopic (exact) mass is 260 g/mol. The normalized spacial score (nSPS) is 10.8. The van der Waals surface area contributed by atoms with Gasteiger partial charge in [0.05, 0.1) is 7.11 Å². The summed E-state index contributed by atoms with van der Waals surface area (Å²) in [7, 11) is 1.07. The van der Waals surface area contributed by atoms with Crippen molar-refractivity contribution in [1.29, 1.82) is 0 Å². The quantitative estimate of drug-likeness (QED) is 0.480. The van der Waals surface area contributed by atoms with Gasteiger partial charge in [0.25, 0.3) is 0 Å². The fraction of sp³-hybridized carbons (Fsp3) is 0.636. The second-order valence-electron chi connectivity index (χ2n) is 3.92. The van der Waals surface area contributed by atoms with Crippen molar-refractivity contribution in [2.75, 3.05) is 7.11 Å². The van der Waals surface area contributed by atoms with Crippen LogP contribution in [0.1, 0.15) is 32.6 Å². The van der Waals surface area contributed by atoms with E-state index in [1.807, 2.05) is 0 Å². The number of hydrogen-bond acceptors (Lipinski definition) is 5. The van der Waals surface area contributed by atoms with Crippen molar-refractivity contribution in [2.45, 2.75) is 32.6 Å². The van der Waals surface area contributed by atoms with Gasteiger partial charge in [0.1, 0.15) is 11.2 Å². The zero-order valence-corrected chi connectivity index (χ0v) is 10.3. The summed E-state index contributed by atoms with van der Waals surface area (Å²) in [5, 5.41) is 17.2. The molecule has 0 radical (unpaired) electrons. The fourth-order valence-corrected chi connectivity index (χ4v) is 1.66. The summed E-state index contributed by atoms with van der Waals surface area (Å²) in [4.78, 5) is 44.4. The highest BCUT2D eigenvalue weighted by Crippen LogP contribution is 2.32. The molecule has 0 aromatic heterocycles. The van der Waals surface area contributed by atoms with Crippen LogP contribution in [0.5, 0.6) is 0 Å². The van der Waals surface area contributed by atoms with Crippen LogP contribution in [0.25, 0.3) is 0 Å². The molecule has 0 amide bonds. The van der Waals surface area contributed by atoms with Gasteiger partial charge in [0, 0.05) is 12.8 Å². The molecule has 0 saturated carbocycles. The van der Waals surface area contributed by atoms with Gasteiger partial charge in [-0.2, -0.15) is 0 Å². The second kappa shape index (κ2) is 6.73. The number of hydrogen-bond donors (Lipinski definition) is 2. The predicted molar refractivity (Wildman–Crippen MR) is 58.9 cm³/mol. The topological polar surface area (TPSA) is 118 Å². The number of ether oxygens (including phenoxy) is 1. The molecule has 0 bridgehead atoms. The number of carbonyl (C=O) groups is 4. The molecule has 0 aliphatic carbocycles. The molecule has 0 spiro atoms. The predicted octanol–water partition coefficient (Wildman–Crippen LogP) is 0.464. The summed E-state index contributed by atoms with van der Waals surface area (Å²) in [5.74, 6) is -3.81. The second-order valence-corrected chi connectivity index (χ2v) is 3.92. The first-order valence-corrected chi connectivity index (χ1v) is 5.29. The molecule has 0 saturated heterocycles. The van der Waals surface area contributed by atoms with Crippen molar-refractivity contribution in [1.82, 2.24) is 0 Å². The molecule has 0 heterocycles. The average Bonchev–Trinajstić information content (AvgIpc) is 2.27. The molecule has 7 nitrogen and oxygen atoms in total. The van der Waals surface area contributed by atoms with E-state index in [-0.39, 0.29) is 12.8 Å². The molecular formula is C11H16O7. The minimum absolute atomic E-state index is 0.266. The van der Waals surface area contributed by atoms with E-state index in [1.54, 1.807) is 0 Å². The van der Waals surface area contributed by atoms with Crippen molar-refractivity contribution in [2.24, 2.45) is 5.41 Å². The zero-order chi connectivity index (χ0) is 14.3. The van der Waals surface area contributed by atoms with Crippen molar-refractivity contribution >= 4 is 23.7 Å². The number of carboxylic acids is 2. The smallest absolute Gasteiger partial charge is 0.319 e. The minimum atomic E-state index is -1.69. The Hall–Kier alpha value is -1.92. The number of carbonyl (C=O) groups excluding carboxylic acids is 2. The molecular weight excluding hydrogens is 244 g/mol. The lowest BCUT2D eigenvalue weighted by Gasteiger charge is -2.27. The zero-order valence-electron chi connectivity index (χ0n) is 10.3. The van der Waals surface area contributed by atoms with Crippen molar-refractivity contribution in [3.63, 3.8) is 0 Å². The van der Waals surface area contributed by atoms with Gasteiger partial charge in [-0.05, 0) is 19.8 Å². The first kappa shape index (κ1) is 16.1. The lowest BCUT2D eigenvalue weighted by molar-refractivity contribution is -0.159. The van der Waals surface area contributed by atoms with E-state index in [2.05, 4.69) is 4.74 Å². The lowest BCUT2D eigenvalue weighted by atomic mass is 9.75. The van der Waals surface area contributed by atoms with E-state index in [4.69, 9.17) is 10.2 Å². The SMILES string of the molecule is COC(=O)C(CCC(=O)O)(CCC(=O)O)C(C)=O. The number of aliphatic carboxylic acids is 2. The van der Waals surface area contributed by atoms with Crippen LogP contribution in [0.2, 0.25) is 0 Å². The van der Waals surface area contributed by atoms with Crippen molar-refractivity contribution < 1.29 is 34.1 Å². The summed E-state index contributed by atoms with van der Waals surface area (Å²) >= 11 is 0. The first-order valence-electron chi connectivity index (χ1n) is 5.29. The Bertz CT molecular complexity index is 340. The van der Waals surface area contributed by atoms with E-state index >= 15 is 0 Å². The van der Waals surface area contributed by atoms with E-state index in [1.165, 1.54) is 0 Å². The van der Waals surface area contributed by atoms with Gasteiger partial charge < -0.3 is 14.9 Å². The Labute approximate surface area is 104 Å². The third-order valence-electron chi connectivity index (χ3n) is 2.78. The van der Waals surface area contributed by atoms with E-state index < -0.39 is 41.9 Å². The van der Waals surface area contributed by atoms with Crippen LogP contribution in [0.3, 0.4) is 0 Å². The fourth-order valence-electron chi connectivity index (χ4n) is 1.66. The van der Waals surface area contributed by atoms with E-state index in [0.29, 0.717) is 0 Å². The maximum atomic E-state index is 11.7. The maximum Gasteiger partial charge on any atom is 0.319 e. The molecule has 2 N–H and O–H groups in total. The number of ketones is 1. The molecule has 0 aromatic carbocycles. The van der Waals surface area contributed by atoms with Crippen LogP contribution in [-0.4, -0.2) is 41.0 Å². The van der Waals surface area contributed by atoms with Crippen LogP contribution in [0, 0.1) is 5.41 Å². The highest BCUT2D eigenvalue weighted by atomic mass is 16.5. The maximum absolute atomic E-state index is 11.7. The summed E-state index contributed by atoms with van der Waals surface area (Å²) in [6.07, 6.45) is -1.35. The Morgan fingerprint density at radius 3 is 1.61 bits per heavy atom. The Balaban J connectivity index is 5.14. The third-order valence-corrected chi connectivity index (χ3v) is 2.78. The van der Waals surface area contributed by atoms with Crippen LogP contribution >= 0.6 is 0 Å². The third kappa shape index (κ3) is 4.15. The molecule has 18 heavy (non-hydrogen) atoms. The van der Waals surface area contributed by atoms with Gasteiger partial charge in [-0.3, -0.25) is 19.2 Å². The Morgan fingerprint density at radius 1 is 1.00 bits per heavy atom. The van der Waals surface area contributed by atoms with Crippen molar-refractivity contribution in [3.8, 4) is 0 Å². The Kier molecular flexibility index (Phi) is 6.01. The van der Waals surface area contributed by atoms with Crippen LogP contribution < -0.4 is 0 Å². The van der Waals surface area contributed by atoms with Gasteiger partial charge in [-0.1, -0.05) is 0 Å². The molecule has 102 valence electrons. The molecule has 0 atom stereocenters. The molecule has 0 fully saturated rings. The molecule has 0 aliphatic rings. The van der Waals surface area contributed by atoms with Gasteiger partial charge in [-0.25, -0.2) is 0 Å². The van der Waals surface area contributed by atoms with Crippen LogP contribution in [-0.2, 0) is 23.9 Å². The minimum Gasteiger partial charge on any atom is -0.481 e. The highest BCUT2D eigenvalue weighted by Gasteiger charge is 2.44. The largest absolute Gasteiger partial charge is 0.481 e. The Morgan fingerprint density at radius 2 is 1.39 bits per heavy atom.